The number of aromatic nitrogens is 3. The molecule has 1 atom stereocenters. The first-order valence-corrected chi connectivity index (χ1v) is 6.82. The molecule has 1 fully saturated rings. The van der Waals surface area contributed by atoms with E-state index in [0.29, 0.717) is 0 Å². The largest absolute Gasteiger partial charge is 0.379 e. The van der Waals surface area contributed by atoms with Gasteiger partial charge in [0.1, 0.15) is 11.6 Å². The molecule has 100 valence electrons. The summed E-state index contributed by atoms with van der Waals surface area (Å²) in [6.45, 7) is 5.82. The molecule has 0 bridgehead atoms. The van der Waals surface area contributed by atoms with Crippen LogP contribution in [0.25, 0.3) is 0 Å². The van der Waals surface area contributed by atoms with Gasteiger partial charge in [0.15, 0.2) is 0 Å². The molecular weight excluding hydrogens is 230 g/mol. The first-order valence-electron chi connectivity index (χ1n) is 6.82. The summed E-state index contributed by atoms with van der Waals surface area (Å²) in [5.41, 5.74) is 6.05. The van der Waals surface area contributed by atoms with Gasteiger partial charge in [-0.15, -0.1) is 10.2 Å². The molecule has 6 heteroatoms. The molecule has 3 heterocycles. The Bertz CT molecular complexity index is 399. The van der Waals surface area contributed by atoms with Gasteiger partial charge < -0.3 is 15.0 Å². The lowest BCUT2D eigenvalue weighted by atomic mass is 10.1. The summed E-state index contributed by atoms with van der Waals surface area (Å²) in [5, 5.41) is 8.55. The minimum atomic E-state index is 0.0726. The van der Waals surface area contributed by atoms with E-state index in [1.54, 1.807) is 0 Å². The highest BCUT2D eigenvalue weighted by atomic mass is 16.5. The lowest BCUT2D eigenvalue weighted by molar-refractivity contribution is 0.0381. The fraction of sp³-hybridized carbons (Fsp3) is 0.833. The van der Waals surface area contributed by atoms with E-state index in [4.69, 9.17) is 10.5 Å². The van der Waals surface area contributed by atoms with Crippen molar-refractivity contribution in [2.24, 2.45) is 5.73 Å². The van der Waals surface area contributed by atoms with Crippen molar-refractivity contribution >= 4 is 0 Å². The second-order valence-corrected chi connectivity index (χ2v) is 5.08. The third-order valence-electron chi connectivity index (χ3n) is 3.84. The van der Waals surface area contributed by atoms with E-state index in [1.807, 2.05) is 0 Å². The van der Waals surface area contributed by atoms with Crippen LogP contribution in [0, 0.1) is 0 Å². The van der Waals surface area contributed by atoms with Crippen LogP contribution in [0.15, 0.2) is 0 Å². The van der Waals surface area contributed by atoms with Crippen LogP contribution >= 0.6 is 0 Å². The first kappa shape index (κ1) is 12.1. The Morgan fingerprint density at radius 2 is 2.06 bits per heavy atom. The highest BCUT2D eigenvalue weighted by Gasteiger charge is 2.22. The van der Waals surface area contributed by atoms with E-state index in [1.165, 1.54) is 0 Å². The number of hydrogen-bond acceptors (Lipinski definition) is 5. The van der Waals surface area contributed by atoms with Gasteiger partial charge in [-0.05, 0) is 12.8 Å². The second-order valence-electron chi connectivity index (χ2n) is 5.08. The Balaban J connectivity index is 1.62. The smallest absolute Gasteiger partial charge is 0.149 e. The topological polar surface area (TPSA) is 69.2 Å². The maximum atomic E-state index is 6.05. The number of hydrogen-bond donors (Lipinski definition) is 1. The Hall–Kier alpha value is -0.980. The molecule has 6 nitrogen and oxygen atoms in total. The van der Waals surface area contributed by atoms with Crippen molar-refractivity contribution in [1.82, 2.24) is 19.7 Å². The van der Waals surface area contributed by atoms with Gasteiger partial charge in [-0.3, -0.25) is 4.90 Å². The van der Waals surface area contributed by atoms with Gasteiger partial charge >= 0.3 is 0 Å². The van der Waals surface area contributed by atoms with E-state index in [0.717, 1.165) is 70.3 Å². The highest BCUT2D eigenvalue weighted by molar-refractivity contribution is 5.03. The summed E-state index contributed by atoms with van der Waals surface area (Å²) < 4.78 is 7.57. The molecule has 18 heavy (non-hydrogen) atoms. The number of morpholine rings is 1. The van der Waals surface area contributed by atoms with Crippen molar-refractivity contribution < 1.29 is 4.74 Å². The third-order valence-corrected chi connectivity index (χ3v) is 3.84. The molecule has 0 radical (unpaired) electrons. The monoisotopic (exact) mass is 251 g/mol. The third kappa shape index (κ3) is 2.41. The van der Waals surface area contributed by atoms with E-state index in [9.17, 15) is 0 Å². The Morgan fingerprint density at radius 1 is 1.22 bits per heavy atom. The molecule has 1 aromatic heterocycles. The molecule has 2 N–H and O–H groups in total. The lowest BCUT2D eigenvalue weighted by Crippen LogP contribution is -2.37. The zero-order valence-corrected chi connectivity index (χ0v) is 10.7. The zero-order chi connectivity index (χ0) is 12.4. The van der Waals surface area contributed by atoms with Gasteiger partial charge in [0, 0.05) is 32.6 Å². The Morgan fingerprint density at radius 3 is 2.89 bits per heavy atom. The van der Waals surface area contributed by atoms with Crippen LogP contribution in [-0.2, 0) is 17.7 Å². The van der Waals surface area contributed by atoms with Gasteiger partial charge in [-0.2, -0.15) is 0 Å². The molecule has 1 aromatic rings. The van der Waals surface area contributed by atoms with Crippen LogP contribution < -0.4 is 5.73 Å². The van der Waals surface area contributed by atoms with Crippen LogP contribution in [0.4, 0.5) is 0 Å². The summed E-state index contributed by atoms with van der Waals surface area (Å²) in [5.74, 6) is 2.06. The molecule has 0 aliphatic carbocycles. The van der Waals surface area contributed by atoms with Crippen LogP contribution in [0.3, 0.4) is 0 Å². The second kappa shape index (κ2) is 5.34. The maximum Gasteiger partial charge on any atom is 0.149 e. The van der Waals surface area contributed by atoms with Gasteiger partial charge in [0.2, 0.25) is 0 Å². The summed E-state index contributed by atoms with van der Waals surface area (Å²) in [6, 6.07) is 0.0726. The van der Waals surface area contributed by atoms with Crippen molar-refractivity contribution in [1.29, 1.82) is 0 Å². The van der Waals surface area contributed by atoms with E-state index < -0.39 is 0 Å². The SMILES string of the molecule is NC1CCCn2c(CCN3CCOCC3)nnc21. The molecule has 2 aliphatic rings. The average Bonchev–Trinajstić information content (AvgIpc) is 2.82. The number of rotatable bonds is 3. The minimum absolute atomic E-state index is 0.0726. The van der Waals surface area contributed by atoms with Crippen molar-refractivity contribution in [3.8, 4) is 0 Å². The molecular formula is C12H21N5O. The number of ether oxygens (including phenoxy) is 1. The molecule has 3 rings (SSSR count). The summed E-state index contributed by atoms with van der Waals surface area (Å²) in [4.78, 5) is 2.42. The van der Waals surface area contributed by atoms with Gasteiger partial charge in [-0.1, -0.05) is 0 Å². The summed E-state index contributed by atoms with van der Waals surface area (Å²) in [7, 11) is 0. The fourth-order valence-electron chi connectivity index (χ4n) is 2.73. The van der Waals surface area contributed by atoms with Crippen LogP contribution in [0.2, 0.25) is 0 Å². The zero-order valence-electron chi connectivity index (χ0n) is 10.7. The van der Waals surface area contributed by atoms with Crippen molar-refractivity contribution in [3.05, 3.63) is 11.6 Å². The molecule has 0 spiro atoms. The van der Waals surface area contributed by atoms with Gasteiger partial charge in [0.05, 0.1) is 19.3 Å². The maximum absolute atomic E-state index is 6.05. The van der Waals surface area contributed by atoms with Crippen molar-refractivity contribution in [3.63, 3.8) is 0 Å². The van der Waals surface area contributed by atoms with Gasteiger partial charge in [0.25, 0.3) is 0 Å². The summed E-state index contributed by atoms with van der Waals surface area (Å²) >= 11 is 0. The molecule has 1 saturated heterocycles. The fourth-order valence-corrected chi connectivity index (χ4v) is 2.73. The Kier molecular flexibility index (Phi) is 3.58. The molecule has 0 amide bonds. The molecule has 2 aliphatic heterocycles. The van der Waals surface area contributed by atoms with E-state index in [-0.39, 0.29) is 6.04 Å². The van der Waals surface area contributed by atoms with Crippen molar-refractivity contribution in [2.75, 3.05) is 32.8 Å². The highest BCUT2D eigenvalue weighted by Crippen LogP contribution is 2.22. The van der Waals surface area contributed by atoms with E-state index in [2.05, 4.69) is 19.7 Å². The number of fused-ring (bicyclic) bond motifs is 1. The summed E-state index contributed by atoms with van der Waals surface area (Å²) in [6.07, 6.45) is 3.12. The standard InChI is InChI=1S/C12H21N5O/c13-10-2-1-4-17-11(14-15-12(10)17)3-5-16-6-8-18-9-7-16/h10H,1-9,13H2. The Labute approximate surface area is 107 Å². The minimum Gasteiger partial charge on any atom is -0.379 e. The number of nitrogens with two attached hydrogens (primary N) is 1. The van der Waals surface area contributed by atoms with Crippen LogP contribution in [-0.4, -0.2) is 52.5 Å². The predicted octanol–water partition coefficient (Wildman–Crippen LogP) is -0.0536. The van der Waals surface area contributed by atoms with E-state index >= 15 is 0 Å². The number of nitrogens with zero attached hydrogens (tertiary/aromatic N) is 4. The molecule has 1 unspecified atom stereocenters. The van der Waals surface area contributed by atoms with Gasteiger partial charge in [-0.25, -0.2) is 0 Å². The van der Waals surface area contributed by atoms with Crippen LogP contribution in [0.1, 0.15) is 30.5 Å². The lowest BCUT2D eigenvalue weighted by Gasteiger charge is -2.26. The van der Waals surface area contributed by atoms with Crippen LogP contribution in [0.5, 0.6) is 0 Å². The molecule has 0 aromatic carbocycles. The van der Waals surface area contributed by atoms with Crippen molar-refractivity contribution in [2.45, 2.75) is 31.8 Å². The predicted molar refractivity (Wildman–Crippen MR) is 67.1 cm³/mol. The molecule has 0 saturated carbocycles. The first-order chi connectivity index (χ1) is 8.84. The average molecular weight is 251 g/mol. The normalized spacial score (nSPS) is 25.1. The quantitative estimate of drug-likeness (QED) is 0.815.